The number of rotatable bonds is 6. The zero-order valence-corrected chi connectivity index (χ0v) is 19.5. The molecule has 0 aliphatic carbocycles. The summed E-state index contributed by atoms with van der Waals surface area (Å²) in [7, 11) is 1.66. The van der Waals surface area contributed by atoms with Crippen molar-refractivity contribution >= 4 is 38.9 Å². The van der Waals surface area contributed by atoms with E-state index in [1.807, 2.05) is 51.9 Å². The maximum atomic E-state index is 12.9. The quantitative estimate of drug-likeness (QED) is 0.434. The number of fused-ring (bicyclic) bond motifs is 3. The lowest BCUT2D eigenvalue weighted by Gasteiger charge is -2.36. The van der Waals surface area contributed by atoms with Gasteiger partial charge in [0.25, 0.3) is 5.56 Å². The summed E-state index contributed by atoms with van der Waals surface area (Å²) in [5, 5.41) is 10.5. The van der Waals surface area contributed by atoms with Crippen molar-refractivity contribution in [3.8, 4) is 5.75 Å². The second-order valence-corrected chi connectivity index (χ2v) is 8.92. The third-order valence-electron chi connectivity index (χ3n) is 6.23. The molecule has 0 saturated carbocycles. The van der Waals surface area contributed by atoms with E-state index in [2.05, 4.69) is 15.1 Å². The predicted molar refractivity (Wildman–Crippen MR) is 128 cm³/mol. The summed E-state index contributed by atoms with van der Waals surface area (Å²) in [5.41, 5.74) is 1.91. The molecule has 4 aromatic rings. The van der Waals surface area contributed by atoms with E-state index in [1.165, 1.54) is 11.3 Å². The number of carbonyl (C=O) groups excluding carboxylic acids is 1. The van der Waals surface area contributed by atoms with Crippen molar-refractivity contribution in [3.05, 3.63) is 51.9 Å². The van der Waals surface area contributed by atoms with Crippen LogP contribution in [0.5, 0.6) is 5.75 Å². The van der Waals surface area contributed by atoms with Gasteiger partial charge in [-0.2, -0.15) is 0 Å². The summed E-state index contributed by atoms with van der Waals surface area (Å²) in [6.07, 6.45) is 0.839. The lowest BCUT2D eigenvalue weighted by molar-refractivity contribution is -0.131. The molecule has 1 saturated heterocycles. The average Bonchev–Trinajstić information content (AvgIpc) is 3.50. The molecule has 172 valence electrons. The van der Waals surface area contributed by atoms with Crippen LogP contribution in [0, 0.1) is 0 Å². The maximum Gasteiger partial charge on any atom is 0.272 e. The highest BCUT2D eigenvalue weighted by Gasteiger charge is 2.23. The van der Waals surface area contributed by atoms with Gasteiger partial charge in [-0.05, 0) is 42.6 Å². The van der Waals surface area contributed by atoms with Crippen molar-refractivity contribution in [3.63, 3.8) is 0 Å². The Hall–Kier alpha value is -3.40. The molecule has 0 radical (unpaired) electrons. The summed E-state index contributed by atoms with van der Waals surface area (Å²) in [6.45, 7) is 5.41. The van der Waals surface area contributed by atoms with E-state index in [-0.39, 0.29) is 11.5 Å². The molecule has 4 heterocycles. The third kappa shape index (κ3) is 3.84. The number of anilines is 1. The van der Waals surface area contributed by atoms with E-state index >= 15 is 0 Å². The maximum absolute atomic E-state index is 12.9. The molecule has 0 atom stereocenters. The van der Waals surface area contributed by atoms with Crippen molar-refractivity contribution in [1.29, 1.82) is 0 Å². The Morgan fingerprint density at radius 3 is 2.55 bits per heavy atom. The Balaban J connectivity index is 1.26. The van der Waals surface area contributed by atoms with Crippen LogP contribution in [0.2, 0.25) is 0 Å². The SMILES string of the molecule is CCn1c(=O)c2sccc2n2c(CCC(=O)N3CCN(c4ccc(OC)cc4)CC3)nnc12. The van der Waals surface area contributed by atoms with Gasteiger partial charge in [-0.15, -0.1) is 21.5 Å². The number of hydrogen-bond donors (Lipinski definition) is 0. The van der Waals surface area contributed by atoms with Gasteiger partial charge in [0.05, 0.1) is 12.6 Å². The molecule has 9 nitrogen and oxygen atoms in total. The molecule has 1 aromatic carbocycles. The molecule has 1 amide bonds. The van der Waals surface area contributed by atoms with E-state index in [0.29, 0.717) is 48.8 Å². The first-order valence-electron chi connectivity index (χ1n) is 11.1. The van der Waals surface area contributed by atoms with E-state index in [1.54, 1.807) is 11.7 Å². The fraction of sp³-hybridized carbons (Fsp3) is 0.391. The van der Waals surface area contributed by atoms with Gasteiger partial charge in [-0.3, -0.25) is 18.6 Å². The van der Waals surface area contributed by atoms with Crippen molar-refractivity contribution in [1.82, 2.24) is 24.1 Å². The lowest BCUT2D eigenvalue weighted by Crippen LogP contribution is -2.48. The van der Waals surface area contributed by atoms with Gasteiger partial charge in [0.15, 0.2) is 0 Å². The first kappa shape index (κ1) is 21.4. The molecular weight excluding hydrogens is 440 g/mol. The van der Waals surface area contributed by atoms with Crippen molar-refractivity contribution in [2.24, 2.45) is 0 Å². The smallest absolute Gasteiger partial charge is 0.272 e. The highest BCUT2D eigenvalue weighted by molar-refractivity contribution is 7.17. The fourth-order valence-electron chi connectivity index (χ4n) is 4.41. The minimum atomic E-state index is -0.0419. The van der Waals surface area contributed by atoms with Crippen molar-refractivity contribution < 1.29 is 9.53 Å². The molecule has 0 N–H and O–H groups in total. The number of nitrogens with zero attached hydrogens (tertiary/aromatic N) is 6. The van der Waals surface area contributed by atoms with Gasteiger partial charge in [0.1, 0.15) is 16.3 Å². The number of aryl methyl sites for hydroxylation is 2. The van der Waals surface area contributed by atoms with Crippen LogP contribution in [0.4, 0.5) is 5.69 Å². The van der Waals surface area contributed by atoms with Gasteiger partial charge >= 0.3 is 0 Å². The normalized spacial score (nSPS) is 14.4. The zero-order chi connectivity index (χ0) is 22.9. The van der Waals surface area contributed by atoms with E-state index in [4.69, 9.17) is 4.74 Å². The van der Waals surface area contributed by atoms with Crippen LogP contribution in [0.25, 0.3) is 16.0 Å². The first-order chi connectivity index (χ1) is 16.1. The molecule has 0 spiro atoms. The molecule has 33 heavy (non-hydrogen) atoms. The van der Waals surface area contributed by atoms with Gasteiger partial charge in [0.2, 0.25) is 11.7 Å². The van der Waals surface area contributed by atoms with Crippen LogP contribution in [0.1, 0.15) is 19.2 Å². The third-order valence-corrected chi connectivity index (χ3v) is 7.12. The predicted octanol–water partition coefficient (Wildman–Crippen LogP) is 2.42. The largest absolute Gasteiger partial charge is 0.497 e. The molecule has 0 bridgehead atoms. The molecule has 1 aliphatic heterocycles. The number of thiophene rings is 1. The number of ether oxygens (including phenoxy) is 1. The number of piperazine rings is 1. The Morgan fingerprint density at radius 2 is 1.85 bits per heavy atom. The van der Waals surface area contributed by atoms with E-state index in [0.717, 1.165) is 30.0 Å². The number of methoxy groups -OCH3 is 1. The Kier molecular flexibility index (Phi) is 5.76. The van der Waals surface area contributed by atoms with Crippen LogP contribution >= 0.6 is 11.3 Å². The molecule has 3 aromatic heterocycles. The number of amides is 1. The second-order valence-electron chi connectivity index (χ2n) is 8.00. The summed E-state index contributed by atoms with van der Waals surface area (Å²) < 4.78 is 9.47. The van der Waals surface area contributed by atoms with Gasteiger partial charge in [-0.25, -0.2) is 0 Å². The lowest BCUT2D eigenvalue weighted by atomic mass is 10.2. The van der Waals surface area contributed by atoms with Gasteiger partial charge in [0, 0.05) is 51.3 Å². The Bertz CT molecular complexity index is 1350. The van der Waals surface area contributed by atoms with Crippen LogP contribution in [0.15, 0.2) is 40.5 Å². The minimum absolute atomic E-state index is 0.0419. The van der Waals surface area contributed by atoms with Crippen molar-refractivity contribution in [2.45, 2.75) is 26.3 Å². The van der Waals surface area contributed by atoms with Crippen molar-refractivity contribution in [2.75, 3.05) is 38.2 Å². The average molecular weight is 467 g/mol. The monoisotopic (exact) mass is 466 g/mol. The summed E-state index contributed by atoms with van der Waals surface area (Å²) >= 11 is 1.42. The number of hydrogen-bond acceptors (Lipinski definition) is 7. The van der Waals surface area contributed by atoms with Crippen LogP contribution in [-0.4, -0.2) is 63.3 Å². The topological polar surface area (TPSA) is 85.0 Å². The molecule has 5 rings (SSSR count). The summed E-state index contributed by atoms with van der Waals surface area (Å²) in [4.78, 5) is 29.8. The highest BCUT2D eigenvalue weighted by atomic mass is 32.1. The highest BCUT2D eigenvalue weighted by Crippen LogP contribution is 2.22. The van der Waals surface area contributed by atoms with E-state index < -0.39 is 0 Å². The van der Waals surface area contributed by atoms with Gasteiger partial charge < -0.3 is 14.5 Å². The molecule has 1 fully saturated rings. The summed E-state index contributed by atoms with van der Waals surface area (Å²) in [6, 6.07) is 9.93. The Labute approximate surface area is 194 Å². The first-order valence-corrected chi connectivity index (χ1v) is 12.0. The molecular formula is C23H26N6O3S. The number of benzene rings is 1. The number of carbonyl (C=O) groups is 1. The van der Waals surface area contributed by atoms with Crippen LogP contribution in [0.3, 0.4) is 0 Å². The second kappa shape index (κ2) is 8.86. The number of aromatic nitrogens is 4. The fourth-order valence-corrected chi connectivity index (χ4v) is 5.24. The molecule has 1 aliphatic rings. The summed E-state index contributed by atoms with van der Waals surface area (Å²) in [5.74, 6) is 2.19. The minimum Gasteiger partial charge on any atom is -0.497 e. The standard InChI is InChI=1S/C23H26N6O3S/c1-3-28-22(31)21-18(10-15-33-21)29-19(24-25-23(28)29)8-9-20(30)27-13-11-26(12-14-27)16-4-6-17(32-2)7-5-16/h4-7,10,15H,3,8-9,11-14H2,1-2H3. The van der Waals surface area contributed by atoms with Crippen LogP contribution in [-0.2, 0) is 17.8 Å². The molecule has 0 unspecified atom stereocenters. The molecule has 10 heteroatoms. The van der Waals surface area contributed by atoms with Gasteiger partial charge in [-0.1, -0.05) is 0 Å². The van der Waals surface area contributed by atoms with Crippen LogP contribution < -0.4 is 15.2 Å². The zero-order valence-electron chi connectivity index (χ0n) is 18.7. The Morgan fingerprint density at radius 1 is 1.09 bits per heavy atom. The van der Waals surface area contributed by atoms with E-state index in [9.17, 15) is 9.59 Å².